The summed E-state index contributed by atoms with van der Waals surface area (Å²) in [6, 6.07) is 0. The molecule has 0 amide bonds. The number of ether oxygens (including phenoxy) is 3. The van der Waals surface area contributed by atoms with Crippen molar-refractivity contribution in [3.8, 4) is 0 Å². The van der Waals surface area contributed by atoms with Gasteiger partial charge in [-0.1, -0.05) is 285 Å². The SMILES string of the molecule is CC/C=C\C/C=C\C/C=C\C/C=C\C/C=C\CCCCCC(=O)OC(COC(=O)CCCCCCCC/C=C\C/C=C\C/C=C\CCCCC)COC(=O)CCCCCCCCCCCCCCCCCCCCCC. The van der Waals surface area contributed by atoms with Gasteiger partial charge in [0.25, 0.3) is 0 Å². The highest BCUT2D eigenvalue weighted by Gasteiger charge is 2.19. The summed E-state index contributed by atoms with van der Waals surface area (Å²) in [5.74, 6) is -0.927. The smallest absolute Gasteiger partial charge is 0.306 e. The Morgan fingerprint density at radius 1 is 0.276 bits per heavy atom. The number of rotatable bonds is 58. The van der Waals surface area contributed by atoms with Crippen LogP contribution in [0.1, 0.15) is 310 Å². The van der Waals surface area contributed by atoms with Crippen molar-refractivity contribution in [3.05, 3.63) is 97.2 Å². The number of hydrogen-bond acceptors (Lipinski definition) is 6. The summed E-state index contributed by atoms with van der Waals surface area (Å²) in [5, 5.41) is 0. The van der Waals surface area contributed by atoms with Crippen molar-refractivity contribution in [1.82, 2.24) is 0 Å². The van der Waals surface area contributed by atoms with Crippen LogP contribution in [0.25, 0.3) is 0 Å². The zero-order valence-electron chi connectivity index (χ0n) is 50.0. The molecule has 1 atom stereocenters. The third-order valence-corrected chi connectivity index (χ3v) is 13.8. The van der Waals surface area contributed by atoms with Gasteiger partial charge < -0.3 is 14.2 Å². The fourth-order valence-electron chi connectivity index (χ4n) is 9.01. The molecule has 0 fully saturated rings. The number of carbonyl (C=O) groups excluding carboxylic acids is 3. The van der Waals surface area contributed by atoms with Gasteiger partial charge in [0, 0.05) is 19.3 Å². The lowest BCUT2D eigenvalue weighted by molar-refractivity contribution is -0.167. The molecule has 0 aromatic rings. The van der Waals surface area contributed by atoms with E-state index in [2.05, 4.69) is 118 Å². The summed E-state index contributed by atoms with van der Waals surface area (Å²) < 4.78 is 16.9. The maximum absolute atomic E-state index is 12.9. The van der Waals surface area contributed by atoms with Crippen molar-refractivity contribution in [2.24, 2.45) is 0 Å². The lowest BCUT2D eigenvalue weighted by Crippen LogP contribution is -2.30. The highest BCUT2D eigenvalue weighted by Crippen LogP contribution is 2.17. The molecule has 0 saturated carbocycles. The molecule has 0 rings (SSSR count). The van der Waals surface area contributed by atoms with Crippen molar-refractivity contribution in [2.45, 2.75) is 316 Å². The summed E-state index contributed by atoms with van der Waals surface area (Å²) in [6.07, 6.45) is 85.5. The van der Waals surface area contributed by atoms with Crippen LogP contribution in [0.3, 0.4) is 0 Å². The third-order valence-electron chi connectivity index (χ3n) is 13.8. The van der Waals surface area contributed by atoms with Crippen LogP contribution in [0.2, 0.25) is 0 Å². The van der Waals surface area contributed by atoms with Crippen molar-refractivity contribution in [2.75, 3.05) is 13.2 Å². The predicted octanol–water partition coefficient (Wildman–Crippen LogP) is 22.0. The molecule has 6 heteroatoms. The first kappa shape index (κ1) is 72.3. The minimum atomic E-state index is -0.802. The molecule has 0 aromatic carbocycles. The van der Waals surface area contributed by atoms with Gasteiger partial charge >= 0.3 is 17.9 Å². The van der Waals surface area contributed by atoms with Crippen molar-refractivity contribution in [3.63, 3.8) is 0 Å². The molecular formula is C70H120O6. The van der Waals surface area contributed by atoms with E-state index in [0.717, 1.165) is 116 Å². The minimum Gasteiger partial charge on any atom is -0.462 e. The average molecular weight is 1060 g/mol. The lowest BCUT2D eigenvalue weighted by atomic mass is 10.0. The maximum atomic E-state index is 12.9. The highest BCUT2D eigenvalue weighted by atomic mass is 16.6. The van der Waals surface area contributed by atoms with E-state index in [1.165, 1.54) is 154 Å². The van der Waals surface area contributed by atoms with Gasteiger partial charge in [-0.2, -0.15) is 0 Å². The van der Waals surface area contributed by atoms with Crippen molar-refractivity contribution < 1.29 is 28.6 Å². The number of hydrogen-bond donors (Lipinski definition) is 0. The van der Waals surface area contributed by atoms with E-state index in [1.54, 1.807) is 0 Å². The van der Waals surface area contributed by atoms with Gasteiger partial charge in [-0.25, -0.2) is 0 Å². The first-order valence-corrected chi connectivity index (χ1v) is 32.2. The van der Waals surface area contributed by atoms with E-state index in [1.807, 2.05) is 0 Å². The summed E-state index contributed by atoms with van der Waals surface area (Å²) >= 11 is 0. The summed E-state index contributed by atoms with van der Waals surface area (Å²) in [4.78, 5) is 38.4. The van der Waals surface area contributed by atoms with Gasteiger partial charge in [-0.3, -0.25) is 14.4 Å². The molecule has 1 unspecified atom stereocenters. The van der Waals surface area contributed by atoms with E-state index < -0.39 is 6.10 Å². The van der Waals surface area contributed by atoms with E-state index >= 15 is 0 Å². The van der Waals surface area contributed by atoms with Crippen LogP contribution in [-0.2, 0) is 28.6 Å². The van der Waals surface area contributed by atoms with Crippen LogP contribution < -0.4 is 0 Å². The van der Waals surface area contributed by atoms with E-state index in [9.17, 15) is 14.4 Å². The largest absolute Gasteiger partial charge is 0.462 e. The Labute approximate surface area is 470 Å². The molecule has 0 N–H and O–H groups in total. The van der Waals surface area contributed by atoms with Gasteiger partial charge in [0.1, 0.15) is 13.2 Å². The zero-order chi connectivity index (χ0) is 55.0. The Balaban J connectivity index is 4.45. The summed E-state index contributed by atoms with van der Waals surface area (Å²) in [5.41, 5.74) is 0. The summed E-state index contributed by atoms with van der Waals surface area (Å²) in [7, 11) is 0. The Morgan fingerprint density at radius 2 is 0.513 bits per heavy atom. The zero-order valence-corrected chi connectivity index (χ0v) is 50.0. The summed E-state index contributed by atoms with van der Waals surface area (Å²) in [6.45, 7) is 6.50. The highest BCUT2D eigenvalue weighted by molar-refractivity contribution is 5.71. The minimum absolute atomic E-state index is 0.0934. The molecular weight excluding hydrogens is 937 g/mol. The van der Waals surface area contributed by atoms with Crippen LogP contribution in [0.15, 0.2) is 97.2 Å². The molecule has 0 aliphatic heterocycles. The number of unbranched alkanes of at least 4 members (excludes halogenated alkanes) is 31. The Morgan fingerprint density at radius 3 is 0.842 bits per heavy atom. The fourth-order valence-corrected chi connectivity index (χ4v) is 9.01. The second-order valence-corrected chi connectivity index (χ2v) is 21.3. The van der Waals surface area contributed by atoms with Crippen LogP contribution in [0.4, 0.5) is 0 Å². The topological polar surface area (TPSA) is 78.9 Å². The molecule has 436 valence electrons. The van der Waals surface area contributed by atoms with Gasteiger partial charge in [0.05, 0.1) is 0 Å². The normalized spacial score (nSPS) is 12.7. The van der Waals surface area contributed by atoms with Crippen LogP contribution in [0, 0.1) is 0 Å². The van der Waals surface area contributed by atoms with E-state index in [0.29, 0.717) is 12.8 Å². The average Bonchev–Trinajstić information content (AvgIpc) is 3.42. The van der Waals surface area contributed by atoms with E-state index in [4.69, 9.17) is 14.2 Å². The van der Waals surface area contributed by atoms with Gasteiger partial charge in [0.15, 0.2) is 6.10 Å². The van der Waals surface area contributed by atoms with Gasteiger partial charge in [0.2, 0.25) is 0 Å². The lowest BCUT2D eigenvalue weighted by Gasteiger charge is -2.18. The number of allylic oxidation sites excluding steroid dienone is 16. The Bertz CT molecular complexity index is 1490. The second kappa shape index (κ2) is 63.9. The first-order valence-electron chi connectivity index (χ1n) is 32.2. The fraction of sp³-hybridized carbons (Fsp3) is 0.729. The predicted molar refractivity (Wildman–Crippen MR) is 330 cm³/mol. The molecule has 0 heterocycles. The van der Waals surface area contributed by atoms with Gasteiger partial charge in [-0.15, -0.1) is 0 Å². The second-order valence-electron chi connectivity index (χ2n) is 21.3. The van der Waals surface area contributed by atoms with Crippen LogP contribution in [-0.4, -0.2) is 37.2 Å². The molecule has 0 aliphatic carbocycles. The van der Waals surface area contributed by atoms with Gasteiger partial charge in [-0.05, 0) is 103 Å². The van der Waals surface area contributed by atoms with Crippen molar-refractivity contribution >= 4 is 17.9 Å². The van der Waals surface area contributed by atoms with Crippen molar-refractivity contribution in [1.29, 1.82) is 0 Å². The van der Waals surface area contributed by atoms with Crippen LogP contribution >= 0.6 is 0 Å². The molecule has 0 spiro atoms. The molecule has 0 bridgehead atoms. The Hall–Kier alpha value is -3.67. The number of esters is 3. The standard InChI is InChI=1S/C70H120O6/c1-4-7-10-13-16-19-22-25-28-31-34-37-39-42-45-48-51-54-57-60-63-69(72)75-66-67(76-70(73)64-61-58-55-52-49-46-43-40-36-33-30-27-24-21-18-15-12-9-6-3)65-74-68(71)62-59-56-53-50-47-44-41-38-35-32-29-26-23-20-17-14-11-8-5-2/h9,12,17-18,20-21,26-27,29-30,35-36,38,40,46,49,67H,4-8,10-11,13-16,19,22-25,28,31-34,37,39,41-45,47-48,50-66H2,1-3H3/b12-9-,20-17-,21-18-,29-26-,30-27-,38-35-,40-36-,49-46-. The molecule has 0 saturated heterocycles. The molecule has 6 nitrogen and oxygen atoms in total. The molecule has 0 aliphatic rings. The molecule has 0 aromatic heterocycles. The maximum Gasteiger partial charge on any atom is 0.306 e. The quantitative estimate of drug-likeness (QED) is 0.0261. The molecule has 0 radical (unpaired) electrons. The van der Waals surface area contributed by atoms with Crippen LogP contribution in [0.5, 0.6) is 0 Å². The Kier molecular flexibility index (Phi) is 60.8. The monoisotopic (exact) mass is 1060 g/mol. The first-order chi connectivity index (χ1) is 37.5. The molecule has 76 heavy (non-hydrogen) atoms. The third kappa shape index (κ3) is 61.2. The van der Waals surface area contributed by atoms with E-state index in [-0.39, 0.29) is 37.5 Å². The number of carbonyl (C=O) groups is 3.